The van der Waals surface area contributed by atoms with Crippen LogP contribution in [0.25, 0.3) is 5.57 Å². The fraction of sp³-hybridized carbons (Fsp3) is 0.286. The molecule has 0 aliphatic carbocycles. The van der Waals surface area contributed by atoms with Crippen LogP contribution in [0.1, 0.15) is 33.3 Å². The van der Waals surface area contributed by atoms with Crippen LogP contribution in [-0.2, 0) is 0 Å². The second-order valence-electron chi connectivity index (χ2n) is 2.74. The average molecular weight is 188 g/mol. The van der Waals surface area contributed by atoms with Crippen molar-refractivity contribution < 1.29 is 0 Å². The Balaban J connectivity index is 0.000000791. The van der Waals surface area contributed by atoms with E-state index in [1.807, 2.05) is 32.9 Å². The lowest BCUT2D eigenvalue weighted by atomic mass is 10.1. The molecule has 0 amide bonds. The fourth-order valence-corrected chi connectivity index (χ4v) is 1.04. The maximum absolute atomic E-state index is 2.12. The van der Waals surface area contributed by atoms with Gasteiger partial charge in [-0.2, -0.15) is 0 Å². The lowest BCUT2D eigenvalue weighted by molar-refractivity contribution is 1.50. The van der Waals surface area contributed by atoms with Gasteiger partial charge in [0.25, 0.3) is 0 Å². The van der Waals surface area contributed by atoms with Gasteiger partial charge in [-0.05, 0) is 25.0 Å². The third-order valence-corrected chi connectivity index (χ3v) is 1.77. The summed E-state index contributed by atoms with van der Waals surface area (Å²) in [6, 6.07) is 10.4. The summed E-state index contributed by atoms with van der Waals surface area (Å²) in [7, 11) is 0. The first-order valence-electron chi connectivity index (χ1n) is 5.19. The zero-order chi connectivity index (χ0) is 10.8. The Morgan fingerprint density at radius 1 is 1.07 bits per heavy atom. The maximum atomic E-state index is 2.12. The highest BCUT2D eigenvalue weighted by Gasteiger charge is 1.89. The van der Waals surface area contributed by atoms with Crippen LogP contribution in [0.3, 0.4) is 0 Å². The minimum Gasteiger partial charge on any atom is -0.0877 e. The monoisotopic (exact) mass is 188 g/mol. The smallest absolute Gasteiger partial charge is 0.0227 e. The molecule has 0 saturated carbocycles. The Labute approximate surface area is 88.0 Å². The largest absolute Gasteiger partial charge is 0.0877 e. The molecule has 0 fully saturated rings. The Bertz CT molecular complexity index is 278. The van der Waals surface area contributed by atoms with E-state index in [9.17, 15) is 0 Å². The molecule has 0 aromatic heterocycles. The second kappa shape index (κ2) is 8.31. The Morgan fingerprint density at radius 2 is 1.64 bits per heavy atom. The van der Waals surface area contributed by atoms with E-state index in [1.165, 1.54) is 11.1 Å². The first kappa shape index (κ1) is 12.7. The standard InChI is InChI=1S/C12H14.C2H6/c1-3-4-8-11(2)12-9-6-5-7-10-12;1-2/h3-10H,1-2H3;1-2H3/b4-3-,11-8+;. The van der Waals surface area contributed by atoms with E-state index in [2.05, 4.69) is 43.3 Å². The third-order valence-electron chi connectivity index (χ3n) is 1.77. The molecule has 0 radical (unpaired) electrons. The summed E-state index contributed by atoms with van der Waals surface area (Å²) in [5.74, 6) is 0. The molecule has 0 bridgehead atoms. The molecule has 1 aromatic rings. The Hall–Kier alpha value is -1.30. The molecule has 0 N–H and O–H groups in total. The highest BCUT2D eigenvalue weighted by molar-refractivity contribution is 5.64. The molecular weight excluding hydrogens is 168 g/mol. The van der Waals surface area contributed by atoms with Crippen LogP contribution in [0.2, 0.25) is 0 Å². The zero-order valence-electron chi connectivity index (χ0n) is 9.62. The highest BCUT2D eigenvalue weighted by Crippen LogP contribution is 2.12. The lowest BCUT2D eigenvalue weighted by Crippen LogP contribution is -1.75. The van der Waals surface area contributed by atoms with E-state index >= 15 is 0 Å². The van der Waals surface area contributed by atoms with Crippen molar-refractivity contribution >= 4 is 5.57 Å². The van der Waals surface area contributed by atoms with Crippen LogP contribution in [0.15, 0.2) is 48.6 Å². The van der Waals surface area contributed by atoms with Crippen molar-refractivity contribution in [2.75, 3.05) is 0 Å². The van der Waals surface area contributed by atoms with E-state index in [4.69, 9.17) is 0 Å². The predicted octanol–water partition coefficient (Wildman–Crippen LogP) is 4.69. The summed E-state index contributed by atoms with van der Waals surface area (Å²) in [5.41, 5.74) is 2.59. The van der Waals surface area contributed by atoms with Gasteiger partial charge in [0, 0.05) is 0 Å². The van der Waals surface area contributed by atoms with E-state index in [-0.39, 0.29) is 0 Å². The molecule has 0 heterocycles. The number of hydrogen-bond acceptors (Lipinski definition) is 0. The van der Waals surface area contributed by atoms with Gasteiger partial charge in [0.15, 0.2) is 0 Å². The maximum Gasteiger partial charge on any atom is -0.0227 e. The van der Waals surface area contributed by atoms with Gasteiger partial charge in [-0.15, -0.1) is 0 Å². The molecule has 0 aliphatic rings. The van der Waals surface area contributed by atoms with Crippen molar-refractivity contribution in [2.45, 2.75) is 27.7 Å². The van der Waals surface area contributed by atoms with E-state index in [0.717, 1.165) is 0 Å². The van der Waals surface area contributed by atoms with Gasteiger partial charge in [0.2, 0.25) is 0 Å². The second-order valence-corrected chi connectivity index (χ2v) is 2.74. The first-order valence-corrected chi connectivity index (χ1v) is 5.19. The quantitative estimate of drug-likeness (QED) is 0.590. The normalized spacial score (nSPS) is 11.0. The molecule has 1 rings (SSSR count). The molecule has 0 nitrogen and oxygen atoms in total. The number of benzene rings is 1. The molecule has 0 spiro atoms. The van der Waals surface area contributed by atoms with Crippen molar-refractivity contribution in [2.24, 2.45) is 0 Å². The highest BCUT2D eigenvalue weighted by atomic mass is 13.9. The van der Waals surface area contributed by atoms with Gasteiger partial charge in [0.05, 0.1) is 0 Å². The number of rotatable bonds is 2. The molecule has 0 saturated heterocycles. The minimum atomic E-state index is 1.29. The molecule has 1 aromatic carbocycles. The fourth-order valence-electron chi connectivity index (χ4n) is 1.04. The average Bonchev–Trinajstić information content (AvgIpc) is 2.30. The van der Waals surface area contributed by atoms with Gasteiger partial charge in [0.1, 0.15) is 0 Å². The first-order chi connectivity index (χ1) is 6.84. The molecule has 0 atom stereocenters. The summed E-state index contributed by atoms with van der Waals surface area (Å²) in [4.78, 5) is 0. The van der Waals surface area contributed by atoms with Gasteiger partial charge in [-0.3, -0.25) is 0 Å². The minimum absolute atomic E-state index is 1.29. The van der Waals surface area contributed by atoms with Gasteiger partial charge < -0.3 is 0 Å². The predicted molar refractivity (Wildman–Crippen MR) is 66.3 cm³/mol. The van der Waals surface area contributed by atoms with Crippen LogP contribution in [-0.4, -0.2) is 0 Å². The molecule has 14 heavy (non-hydrogen) atoms. The summed E-state index contributed by atoms with van der Waals surface area (Å²) >= 11 is 0. The Kier molecular flexibility index (Phi) is 7.53. The van der Waals surface area contributed by atoms with Crippen LogP contribution >= 0.6 is 0 Å². The molecular formula is C14H20. The van der Waals surface area contributed by atoms with E-state index in [0.29, 0.717) is 0 Å². The van der Waals surface area contributed by atoms with Crippen LogP contribution < -0.4 is 0 Å². The molecule has 0 aliphatic heterocycles. The van der Waals surface area contributed by atoms with Crippen molar-refractivity contribution in [1.29, 1.82) is 0 Å². The van der Waals surface area contributed by atoms with Crippen molar-refractivity contribution in [1.82, 2.24) is 0 Å². The van der Waals surface area contributed by atoms with Crippen LogP contribution in [0, 0.1) is 0 Å². The van der Waals surface area contributed by atoms with E-state index in [1.54, 1.807) is 0 Å². The van der Waals surface area contributed by atoms with Crippen molar-refractivity contribution in [3.8, 4) is 0 Å². The van der Waals surface area contributed by atoms with Crippen molar-refractivity contribution in [3.05, 3.63) is 54.1 Å². The summed E-state index contributed by atoms with van der Waals surface area (Å²) < 4.78 is 0. The van der Waals surface area contributed by atoms with Gasteiger partial charge in [-0.25, -0.2) is 0 Å². The Morgan fingerprint density at radius 3 is 2.14 bits per heavy atom. The SMILES string of the molecule is C/C=C\C=C(/C)c1ccccc1.CC. The van der Waals surface area contributed by atoms with Crippen LogP contribution in [0.4, 0.5) is 0 Å². The van der Waals surface area contributed by atoms with Crippen molar-refractivity contribution in [3.63, 3.8) is 0 Å². The van der Waals surface area contributed by atoms with E-state index < -0.39 is 0 Å². The summed E-state index contributed by atoms with van der Waals surface area (Å²) in [5, 5.41) is 0. The van der Waals surface area contributed by atoms with Gasteiger partial charge in [-0.1, -0.05) is 62.4 Å². The lowest BCUT2D eigenvalue weighted by Gasteiger charge is -1.97. The topological polar surface area (TPSA) is 0 Å². The number of allylic oxidation sites excluding steroid dienone is 4. The van der Waals surface area contributed by atoms with Crippen LogP contribution in [0.5, 0.6) is 0 Å². The molecule has 0 heteroatoms. The molecule has 76 valence electrons. The summed E-state index contributed by atoms with van der Waals surface area (Å²) in [6.45, 7) is 8.14. The third kappa shape index (κ3) is 4.66. The zero-order valence-corrected chi connectivity index (χ0v) is 9.62. The van der Waals surface area contributed by atoms with Gasteiger partial charge >= 0.3 is 0 Å². The number of hydrogen-bond donors (Lipinski definition) is 0. The molecule has 0 unspecified atom stereocenters. The summed E-state index contributed by atoms with van der Waals surface area (Å²) in [6.07, 6.45) is 6.21.